The number of amides is 2. The summed E-state index contributed by atoms with van der Waals surface area (Å²) >= 11 is 4.61. The average molecular weight is 561 g/mol. The van der Waals surface area contributed by atoms with Crippen molar-refractivity contribution >= 4 is 38.8 Å². The van der Waals surface area contributed by atoms with E-state index in [4.69, 9.17) is 9.84 Å². The Kier molecular flexibility index (Phi) is 8.25. The molecule has 184 valence electrons. The topological polar surface area (TPSA) is 76.5 Å². The Labute approximate surface area is 216 Å². The first kappa shape index (κ1) is 25.4. The molecular weight excluding hydrogens is 535 g/mol. The van der Waals surface area contributed by atoms with Crippen LogP contribution in [0.15, 0.2) is 59.2 Å². The van der Waals surface area contributed by atoms with Gasteiger partial charge in [-0.3, -0.25) is 14.5 Å². The number of nitrogens with one attached hydrogen (secondary N) is 1. The third-order valence-electron chi connectivity index (χ3n) is 5.58. The molecule has 1 aromatic heterocycles. The van der Waals surface area contributed by atoms with E-state index >= 15 is 0 Å². The Bertz CT molecular complexity index is 1190. The Hall–Kier alpha value is -2.69. The minimum absolute atomic E-state index is 0.103. The predicted octanol–water partition coefficient (Wildman–Crippen LogP) is 5.89. The molecule has 0 radical (unpaired) electrons. The number of rotatable bonds is 8. The van der Waals surface area contributed by atoms with Crippen LogP contribution in [-0.2, 0) is 9.53 Å². The molecule has 3 aromatic rings. The lowest BCUT2D eigenvalue weighted by molar-refractivity contribution is -0.131. The zero-order valence-electron chi connectivity index (χ0n) is 19.4. The Balaban J connectivity index is 1.78. The van der Waals surface area contributed by atoms with E-state index in [0.29, 0.717) is 29.0 Å². The Morgan fingerprint density at radius 3 is 2.60 bits per heavy atom. The van der Waals surface area contributed by atoms with Crippen molar-refractivity contribution < 1.29 is 18.7 Å². The molecule has 35 heavy (non-hydrogen) atoms. The molecule has 7 nitrogen and oxygen atoms in total. The normalized spacial score (nSPS) is 16.5. The minimum Gasteiger partial charge on any atom is -0.344 e. The van der Waals surface area contributed by atoms with E-state index in [2.05, 4.69) is 21.2 Å². The van der Waals surface area contributed by atoms with Crippen LogP contribution in [0.1, 0.15) is 38.5 Å². The highest BCUT2D eigenvalue weighted by molar-refractivity contribution is 9.10. The maximum atomic E-state index is 13.7. The fraction of sp³-hybridized carbons (Fsp3) is 0.320. The molecule has 0 bridgehead atoms. The van der Waals surface area contributed by atoms with Crippen molar-refractivity contribution in [1.29, 1.82) is 0 Å². The fourth-order valence-corrected chi connectivity index (χ4v) is 4.75. The van der Waals surface area contributed by atoms with Gasteiger partial charge in [-0.15, -0.1) is 0 Å². The Morgan fingerprint density at radius 1 is 1.23 bits per heavy atom. The molecule has 0 spiro atoms. The van der Waals surface area contributed by atoms with Gasteiger partial charge in [-0.05, 0) is 60.7 Å². The van der Waals surface area contributed by atoms with Crippen molar-refractivity contribution in [2.75, 3.05) is 12.4 Å². The van der Waals surface area contributed by atoms with E-state index in [1.54, 1.807) is 21.7 Å². The van der Waals surface area contributed by atoms with E-state index in [-0.39, 0.29) is 23.6 Å². The molecule has 10 heteroatoms. The number of halogens is 2. The van der Waals surface area contributed by atoms with E-state index < -0.39 is 12.4 Å². The number of nitrogens with zero attached hydrogens (tertiary/aromatic N) is 3. The third kappa shape index (κ3) is 5.76. The highest BCUT2D eigenvalue weighted by Gasteiger charge is 2.40. The molecule has 1 aliphatic heterocycles. The second-order valence-electron chi connectivity index (χ2n) is 7.99. The lowest BCUT2D eigenvalue weighted by atomic mass is 10.1. The van der Waals surface area contributed by atoms with Gasteiger partial charge in [-0.1, -0.05) is 48.0 Å². The molecule has 1 N–H and O–H groups in total. The number of ether oxygens (including phenoxy) is 1. The molecule has 0 saturated carbocycles. The smallest absolute Gasteiger partial charge is 0.280 e. The van der Waals surface area contributed by atoms with Crippen LogP contribution in [0.2, 0.25) is 0 Å². The highest BCUT2D eigenvalue weighted by atomic mass is 79.9. The first-order valence-corrected chi connectivity index (χ1v) is 13.2. The molecule has 2 heterocycles. The zero-order chi connectivity index (χ0) is 24.9. The summed E-state index contributed by atoms with van der Waals surface area (Å²) in [5, 5.41) is 7.56. The van der Waals surface area contributed by atoms with Crippen molar-refractivity contribution in [2.45, 2.75) is 39.1 Å². The van der Waals surface area contributed by atoms with Crippen molar-refractivity contribution in [3.63, 3.8) is 0 Å². The second kappa shape index (κ2) is 11.4. The number of thioether (sulfide) groups is 1. The summed E-state index contributed by atoms with van der Waals surface area (Å²) < 4.78 is 22.3. The van der Waals surface area contributed by atoms with Gasteiger partial charge in [-0.2, -0.15) is 5.10 Å². The number of benzene rings is 2. The van der Waals surface area contributed by atoms with Crippen LogP contribution in [0.5, 0.6) is 0 Å². The molecule has 2 amide bonds. The quantitative estimate of drug-likeness (QED) is 0.372. The first-order valence-electron chi connectivity index (χ1n) is 11.4. The standard InChI is InChI=1S/C25H26BrFN4O3S/c1-3-5-21(28-25(33)35-4-2)31-22(32)15-34-24(31)20-14-30(19-12-8-17(26)9-13-19)29-23(20)16-6-10-18(27)11-7-16/h6-14,21,24H,3-5,15H2,1-2H3,(H,28,33). The van der Waals surface area contributed by atoms with Crippen LogP contribution in [0.25, 0.3) is 16.9 Å². The molecule has 1 saturated heterocycles. The average Bonchev–Trinajstić information content (AvgIpc) is 3.44. The molecular formula is C25H26BrFN4O3S. The molecule has 2 aromatic carbocycles. The number of carbonyl (C=O) groups is 2. The van der Waals surface area contributed by atoms with Crippen molar-refractivity contribution in [3.8, 4) is 16.9 Å². The minimum atomic E-state index is -0.754. The van der Waals surface area contributed by atoms with Gasteiger partial charge >= 0.3 is 0 Å². The van der Waals surface area contributed by atoms with Gasteiger partial charge in [0, 0.05) is 21.8 Å². The van der Waals surface area contributed by atoms with Crippen LogP contribution in [-0.4, -0.2) is 44.4 Å². The monoisotopic (exact) mass is 560 g/mol. The lowest BCUT2D eigenvalue weighted by Gasteiger charge is -2.32. The van der Waals surface area contributed by atoms with Crippen LogP contribution in [0.4, 0.5) is 9.18 Å². The number of hydrogen-bond acceptors (Lipinski definition) is 5. The van der Waals surface area contributed by atoms with Gasteiger partial charge in [-0.25, -0.2) is 9.07 Å². The van der Waals surface area contributed by atoms with Crippen molar-refractivity contribution in [1.82, 2.24) is 20.0 Å². The van der Waals surface area contributed by atoms with Crippen LogP contribution >= 0.6 is 27.7 Å². The SMILES string of the molecule is CCCC(NC(=O)SCC)N1C(=O)COC1c1cn(-c2ccc(Br)cc2)nc1-c1ccc(F)cc1. The van der Waals surface area contributed by atoms with Crippen LogP contribution in [0, 0.1) is 5.82 Å². The second-order valence-corrected chi connectivity index (χ2v) is 10.1. The summed E-state index contributed by atoms with van der Waals surface area (Å²) in [7, 11) is 0. The zero-order valence-corrected chi connectivity index (χ0v) is 21.8. The van der Waals surface area contributed by atoms with Crippen LogP contribution in [0.3, 0.4) is 0 Å². The molecule has 2 atom stereocenters. The van der Waals surface area contributed by atoms with Gasteiger partial charge in [0.05, 0.1) is 5.69 Å². The molecule has 1 fully saturated rings. The first-order chi connectivity index (χ1) is 16.9. The summed E-state index contributed by atoms with van der Waals surface area (Å²) in [5.74, 6) is 0.0696. The number of hydrogen-bond donors (Lipinski definition) is 1. The summed E-state index contributed by atoms with van der Waals surface area (Å²) in [5.41, 5.74) is 2.74. The molecule has 4 rings (SSSR count). The van der Waals surface area contributed by atoms with E-state index in [0.717, 1.165) is 28.3 Å². The predicted molar refractivity (Wildman–Crippen MR) is 138 cm³/mol. The number of carbonyl (C=O) groups excluding carboxylic acids is 2. The largest absolute Gasteiger partial charge is 0.344 e. The Morgan fingerprint density at radius 2 is 1.94 bits per heavy atom. The van der Waals surface area contributed by atoms with Gasteiger partial charge < -0.3 is 10.1 Å². The summed E-state index contributed by atoms with van der Waals surface area (Å²) in [6.07, 6.45) is 1.89. The fourth-order valence-electron chi connectivity index (χ4n) is 4.00. The van der Waals surface area contributed by atoms with Crippen LogP contribution < -0.4 is 5.32 Å². The van der Waals surface area contributed by atoms with Gasteiger partial charge in [0.2, 0.25) is 0 Å². The molecule has 2 unspecified atom stereocenters. The van der Waals surface area contributed by atoms with Crippen molar-refractivity contribution in [3.05, 3.63) is 70.6 Å². The summed E-state index contributed by atoms with van der Waals surface area (Å²) in [6.45, 7) is 3.80. The maximum Gasteiger partial charge on any atom is 0.280 e. The summed E-state index contributed by atoms with van der Waals surface area (Å²) in [6, 6.07) is 13.7. The van der Waals surface area contributed by atoms with Gasteiger partial charge in [0.15, 0.2) is 6.23 Å². The lowest BCUT2D eigenvalue weighted by Crippen LogP contribution is -2.49. The van der Waals surface area contributed by atoms with Gasteiger partial charge in [0.1, 0.15) is 24.3 Å². The van der Waals surface area contributed by atoms with Crippen molar-refractivity contribution in [2.24, 2.45) is 0 Å². The van der Waals surface area contributed by atoms with E-state index in [1.807, 2.05) is 44.3 Å². The number of aromatic nitrogens is 2. The molecule has 0 aliphatic carbocycles. The van der Waals surface area contributed by atoms with E-state index in [9.17, 15) is 14.0 Å². The third-order valence-corrected chi connectivity index (χ3v) is 6.78. The summed E-state index contributed by atoms with van der Waals surface area (Å²) in [4.78, 5) is 27.0. The molecule has 1 aliphatic rings. The van der Waals surface area contributed by atoms with Gasteiger partial charge in [0.25, 0.3) is 11.1 Å². The van der Waals surface area contributed by atoms with E-state index in [1.165, 1.54) is 12.1 Å². The maximum absolute atomic E-state index is 13.7. The highest BCUT2D eigenvalue weighted by Crippen LogP contribution is 2.37.